The number of nitro benzene ring substituents is 1. The lowest BCUT2D eigenvalue weighted by molar-refractivity contribution is -0.384. The van der Waals surface area contributed by atoms with Crippen molar-refractivity contribution in [3.8, 4) is 0 Å². The highest BCUT2D eigenvalue weighted by Crippen LogP contribution is 2.28. The lowest BCUT2D eigenvalue weighted by Gasteiger charge is -2.23. The summed E-state index contributed by atoms with van der Waals surface area (Å²) in [6.07, 6.45) is 1.53. The number of nitro groups is 1. The van der Waals surface area contributed by atoms with Crippen LogP contribution in [0.2, 0.25) is 0 Å². The fraction of sp³-hybridized carbons (Fsp3) is 0.111. The Balaban J connectivity index is 2.63. The van der Waals surface area contributed by atoms with Crippen molar-refractivity contribution in [2.45, 2.75) is 0 Å². The van der Waals surface area contributed by atoms with Crippen LogP contribution in [-0.2, 0) is 4.79 Å². The van der Waals surface area contributed by atoms with Crippen LogP contribution in [0.1, 0.15) is 15.9 Å². The number of rotatable bonds is 7. The van der Waals surface area contributed by atoms with Crippen LogP contribution in [0.4, 0.5) is 11.4 Å². The van der Waals surface area contributed by atoms with E-state index in [2.05, 4.69) is 22.5 Å². The van der Waals surface area contributed by atoms with E-state index >= 15 is 0 Å². The third-order valence-corrected chi connectivity index (χ3v) is 3.97. The van der Waals surface area contributed by atoms with E-state index in [4.69, 9.17) is 0 Å². The van der Waals surface area contributed by atoms with E-state index in [0.29, 0.717) is 11.3 Å². The zero-order valence-corrected chi connectivity index (χ0v) is 14.8. The van der Waals surface area contributed by atoms with Crippen molar-refractivity contribution in [1.29, 1.82) is 0 Å². The largest absolute Gasteiger partial charge is 0.307 e. The predicted molar refractivity (Wildman–Crippen MR) is 99.3 cm³/mol. The fourth-order valence-electron chi connectivity index (χ4n) is 2.34. The fourth-order valence-corrected chi connectivity index (χ4v) is 2.64. The first-order chi connectivity index (χ1) is 12.0. The Bertz CT molecular complexity index is 821. The van der Waals surface area contributed by atoms with Gasteiger partial charge in [-0.2, -0.15) is 0 Å². The minimum absolute atomic E-state index is 0.0524. The normalized spacial score (nSPS) is 10.1. The maximum Gasteiger partial charge on any atom is 0.270 e. The Kier molecular flexibility index (Phi) is 6.19. The van der Waals surface area contributed by atoms with E-state index in [1.165, 1.54) is 29.2 Å². The number of amides is 1. The molecule has 2 aromatic carbocycles. The second kappa shape index (κ2) is 8.34. The van der Waals surface area contributed by atoms with Crippen molar-refractivity contribution in [2.75, 3.05) is 16.8 Å². The predicted octanol–water partition coefficient (Wildman–Crippen LogP) is 3.74. The molecule has 0 bridgehead atoms. The first kappa shape index (κ1) is 18.5. The molecular formula is C18H15BrN2O4. The molecule has 0 aromatic heterocycles. The molecule has 6 nitrogen and oxygen atoms in total. The molecular weight excluding hydrogens is 388 g/mol. The van der Waals surface area contributed by atoms with E-state index in [-0.39, 0.29) is 29.0 Å². The summed E-state index contributed by atoms with van der Waals surface area (Å²) < 4.78 is 0. The Labute approximate surface area is 153 Å². The average Bonchev–Trinajstić information content (AvgIpc) is 2.65. The van der Waals surface area contributed by atoms with Gasteiger partial charge in [-0.1, -0.05) is 52.3 Å². The molecule has 0 aliphatic rings. The quantitative estimate of drug-likeness (QED) is 0.232. The van der Waals surface area contributed by atoms with Crippen LogP contribution in [0.5, 0.6) is 0 Å². The second-order valence-corrected chi connectivity index (χ2v) is 5.64. The van der Waals surface area contributed by atoms with Gasteiger partial charge >= 0.3 is 0 Å². The molecule has 2 rings (SSSR count). The van der Waals surface area contributed by atoms with Gasteiger partial charge in [-0.15, -0.1) is 6.58 Å². The van der Waals surface area contributed by atoms with Gasteiger partial charge in [0.15, 0.2) is 5.78 Å². The molecule has 0 aliphatic heterocycles. The number of non-ortho nitro benzene ring substituents is 1. The topological polar surface area (TPSA) is 80.5 Å². The molecule has 0 aliphatic carbocycles. The number of nitrogens with zero attached hydrogens (tertiary/aromatic N) is 2. The minimum atomic E-state index is -0.574. The second-order valence-electron chi connectivity index (χ2n) is 5.08. The van der Waals surface area contributed by atoms with Crippen LogP contribution in [0.15, 0.2) is 61.2 Å². The maximum absolute atomic E-state index is 12.9. The van der Waals surface area contributed by atoms with Gasteiger partial charge in [-0.25, -0.2) is 0 Å². The van der Waals surface area contributed by atoms with E-state index in [1.54, 1.807) is 30.3 Å². The van der Waals surface area contributed by atoms with Crippen LogP contribution in [0.25, 0.3) is 0 Å². The van der Waals surface area contributed by atoms with E-state index in [9.17, 15) is 19.7 Å². The highest BCUT2D eigenvalue weighted by atomic mass is 79.9. The number of hydrogen-bond acceptors (Lipinski definition) is 4. The van der Waals surface area contributed by atoms with Crippen molar-refractivity contribution >= 4 is 39.0 Å². The van der Waals surface area contributed by atoms with Gasteiger partial charge in [0.25, 0.3) is 5.69 Å². The third-order valence-electron chi connectivity index (χ3n) is 3.49. The van der Waals surface area contributed by atoms with Crippen LogP contribution >= 0.6 is 15.9 Å². The standard InChI is InChI=1S/C18H15BrN2O4/c1-2-10-20(17(22)12-19)16-9-8-14(21(24)25)11-15(16)18(23)13-6-4-3-5-7-13/h2-9,11H,1,10,12H2. The number of hydrogen-bond donors (Lipinski definition) is 0. The molecule has 25 heavy (non-hydrogen) atoms. The summed E-state index contributed by atoms with van der Waals surface area (Å²) in [5.41, 5.74) is 0.572. The number of carbonyl (C=O) groups excluding carboxylic acids is 2. The number of halogens is 1. The highest BCUT2D eigenvalue weighted by molar-refractivity contribution is 9.09. The smallest absolute Gasteiger partial charge is 0.270 e. The van der Waals surface area contributed by atoms with Gasteiger partial charge in [0.2, 0.25) is 5.91 Å². The summed E-state index contributed by atoms with van der Waals surface area (Å²) >= 11 is 3.11. The van der Waals surface area contributed by atoms with E-state index in [0.717, 1.165) is 0 Å². The maximum atomic E-state index is 12.9. The molecule has 1 amide bonds. The SMILES string of the molecule is C=CCN(C(=O)CBr)c1ccc([N+](=O)[O-])cc1C(=O)c1ccccc1. The van der Waals surface area contributed by atoms with E-state index < -0.39 is 10.7 Å². The third kappa shape index (κ3) is 4.19. The summed E-state index contributed by atoms with van der Waals surface area (Å²) in [4.78, 5) is 37.0. The molecule has 0 unspecified atom stereocenters. The molecule has 0 saturated carbocycles. The number of benzene rings is 2. The zero-order chi connectivity index (χ0) is 18.4. The van der Waals surface area contributed by atoms with Crippen LogP contribution in [0.3, 0.4) is 0 Å². The lowest BCUT2D eigenvalue weighted by atomic mass is 10.00. The van der Waals surface area contributed by atoms with Crippen LogP contribution < -0.4 is 4.90 Å². The zero-order valence-electron chi connectivity index (χ0n) is 13.2. The van der Waals surface area contributed by atoms with Crippen molar-refractivity contribution in [3.63, 3.8) is 0 Å². The van der Waals surface area contributed by atoms with Gasteiger partial charge in [0.05, 0.1) is 21.5 Å². The summed E-state index contributed by atoms with van der Waals surface area (Å²) in [5, 5.41) is 11.2. The Morgan fingerprint density at radius 1 is 1.20 bits per heavy atom. The van der Waals surface area contributed by atoms with Crippen molar-refractivity contribution < 1.29 is 14.5 Å². The minimum Gasteiger partial charge on any atom is -0.307 e. The molecule has 0 heterocycles. The molecule has 0 fully saturated rings. The lowest BCUT2D eigenvalue weighted by Crippen LogP contribution is -2.33. The Hall–Kier alpha value is -2.80. The molecule has 7 heteroatoms. The van der Waals surface area contributed by atoms with Gasteiger partial charge in [0, 0.05) is 24.2 Å². The van der Waals surface area contributed by atoms with Crippen LogP contribution in [0, 0.1) is 10.1 Å². The van der Waals surface area contributed by atoms with Crippen molar-refractivity contribution in [2.24, 2.45) is 0 Å². The molecule has 128 valence electrons. The van der Waals surface area contributed by atoms with Gasteiger partial charge < -0.3 is 4.90 Å². The van der Waals surface area contributed by atoms with Gasteiger partial charge in [-0.05, 0) is 6.07 Å². The van der Waals surface area contributed by atoms with Crippen molar-refractivity contribution in [1.82, 2.24) is 0 Å². The van der Waals surface area contributed by atoms with Gasteiger partial charge in [0.1, 0.15) is 0 Å². The Morgan fingerprint density at radius 2 is 1.88 bits per heavy atom. The van der Waals surface area contributed by atoms with Crippen molar-refractivity contribution in [3.05, 3.63) is 82.4 Å². The van der Waals surface area contributed by atoms with Gasteiger partial charge in [-0.3, -0.25) is 19.7 Å². The molecule has 0 saturated heterocycles. The molecule has 0 spiro atoms. The Morgan fingerprint density at radius 3 is 2.44 bits per heavy atom. The summed E-state index contributed by atoms with van der Waals surface area (Å²) in [7, 11) is 0. The first-order valence-electron chi connectivity index (χ1n) is 7.35. The number of ketones is 1. The molecule has 0 radical (unpaired) electrons. The summed E-state index contributed by atoms with van der Waals surface area (Å²) in [6.45, 7) is 3.80. The highest BCUT2D eigenvalue weighted by Gasteiger charge is 2.24. The summed E-state index contributed by atoms with van der Waals surface area (Å²) in [5.74, 6) is -0.674. The monoisotopic (exact) mass is 402 g/mol. The summed E-state index contributed by atoms with van der Waals surface area (Å²) in [6, 6.07) is 12.3. The molecule has 0 N–H and O–H groups in total. The number of anilines is 1. The van der Waals surface area contributed by atoms with E-state index in [1.807, 2.05) is 0 Å². The average molecular weight is 403 g/mol. The number of alkyl halides is 1. The first-order valence-corrected chi connectivity index (χ1v) is 8.47. The molecule has 0 atom stereocenters. The number of carbonyl (C=O) groups is 2. The van der Waals surface area contributed by atoms with Crippen LogP contribution in [-0.4, -0.2) is 28.5 Å². The molecule has 2 aromatic rings.